The summed E-state index contributed by atoms with van der Waals surface area (Å²) in [6, 6.07) is 15.5. The van der Waals surface area contributed by atoms with Gasteiger partial charge in [-0.05, 0) is 44.8 Å². The zero-order chi connectivity index (χ0) is 15.9. The highest BCUT2D eigenvalue weighted by molar-refractivity contribution is 6.04. The first-order valence-electron chi connectivity index (χ1n) is 7.17. The van der Waals surface area contributed by atoms with Gasteiger partial charge in [-0.15, -0.1) is 0 Å². The van der Waals surface area contributed by atoms with Crippen LogP contribution in [0.3, 0.4) is 0 Å². The summed E-state index contributed by atoms with van der Waals surface area (Å²) in [5.74, 6) is 5.19. The third kappa shape index (κ3) is 4.76. The fourth-order valence-corrected chi connectivity index (χ4v) is 2.12. The third-order valence-electron chi connectivity index (χ3n) is 3.09. The zero-order valence-corrected chi connectivity index (χ0v) is 13.2. The molecule has 0 saturated heterocycles. The van der Waals surface area contributed by atoms with Crippen molar-refractivity contribution in [3.05, 3.63) is 65.2 Å². The van der Waals surface area contributed by atoms with Gasteiger partial charge >= 0.3 is 5.91 Å². The highest BCUT2D eigenvalue weighted by atomic mass is 16.1. The topological polar surface area (TPSA) is 32.3 Å². The summed E-state index contributed by atoms with van der Waals surface area (Å²) in [5, 5.41) is 2.87. The number of hydrogen-bond donors (Lipinski definition) is 1. The van der Waals surface area contributed by atoms with Crippen molar-refractivity contribution in [3.63, 3.8) is 0 Å². The molecule has 0 heterocycles. The van der Waals surface area contributed by atoms with E-state index in [2.05, 4.69) is 28.1 Å². The quantitative estimate of drug-likeness (QED) is 0.882. The van der Waals surface area contributed by atoms with Crippen LogP contribution >= 0.6 is 0 Å². The molecule has 0 aliphatic carbocycles. The number of nitrogens with one attached hydrogen (secondary N) is 1. The van der Waals surface area contributed by atoms with E-state index >= 15 is 0 Å². The van der Waals surface area contributed by atoms with Gasteiger partial charge in [-0.1, -0.05) is 41.8 Å². The van der Waals surface area contributed by atoms with Crippen LogP contribution in [0.15, 0.2) is 48.5 Å². The van der Waals surface area contributed by atoms with Gasteiger partial charge in [0.1, 0.15) is 0 Å². The lowest BCUT2D eigenvalue weighted by Gasteiger charge is -2.14. The van der Waals surface area contributed by atoms with E-state index < -0.39 is 0 Å². The van der Waals surface area contributed by atoms with Gasteiger partial charge in [0.2, 0.25) is 0 Å². The van der Waals surface area contributed by atoms with Crippen molar-refractivity contribution >= 4 is 11.6 Å². The van der Waals surface area contributed by atoms with E-state index in [1.807, 2.05) is 63.5 Å². The number of nitrogens with zero attached hydrogens (tertiary/aromatic N) is 1. The van der Waals surface area contributed by atoms with Crippen LogP contribution in [0.1, 0.15) is 16.7 Å². The van der Waals surface area contributed by atoms with Crippen molar-refractivity contribution in [2.24, 2.45) is 0 Å². The van der Waals surface area contributed by atoms with Crippen molar-refractivity contribution in [2.75, 3.05) is 19.4 Å². The highest BCUT2D eigenvalue weighted by Crippen LogP contribution is 2.18. The molecule has 2 aromatic carbocycles. The normalized spacial score (nSPS) is 10.0. The minimum atomic E-state index is -0.298. The van der Waals surface area contributed by atoms with Gasteiger partial charge in [0, 0.05) is 23.7 Å². The van der Waals surface area contributed by atoms with Gasteiger partial charge in [-0.3, -0.25) is 4.79 Å². The average molecular weight is 292 g/mol. The van der Waals surface area contributed by atoms with Crippen molar-refractivity contribution in [2.45, 2.75) is 13.5 Å². The monoisotopic (exact) mass is 292 g/mol. The molecule has 0 fully saturated rings. The van der Waals surface area contributed by atoms with E-state index in [-0.39, 0.29) is 5.91 Å². The lowest BCUT2D eigenvalue weighted by atomic mass is 10.1. The van der Waals surface area contributed by atoms with Gasteiger partial charge < -0.3 is 10.2 Å². The molecule has 2 aromatic rings. The zero-order valence-electron chi connectivity index (χ0n) is 13.2. The number of hydrogen-bond acceptors (Lipinski definition) is 2. The summed E-state index contributed by atoms with van der Waals surface area (Å²) in [6.07, 6.45) is 0. The van der Waals surface area contributed by atoms with Gasteiger partial charge in [0.05, 0.1) is 0 Å². The number of benzene rings is 2. The van der Waals surface area contributed by atoms with Crippen LogP contribution in [0.25, 0.3) is 0 Å². The Morgan fingerprint density at radius 2 is 1.86 bits per heavy atom. The first-order chi connectivity index (χ1) is 10.5. The van der Waals surface area contributed by atoms with Crippen LogP contribution < -0.4 is 5.32 Å². The van der Waals surface area contributed by atoms with E-state index in [9.17, 15) is 4.79 Å². The second-order valence-electron chi connectivity index (χ2n) is 5.47. The minimum absolute atomic E-state index is 0.298. The van der Waals surface area contributed by atoms with Crippen molar-refractivity contribution in [1.82, 2.24) is 4.90 Å². The Labute approximate surface area is 132 Å². The molecule has 0 aromatic heterocycles. The van der Waals surface area contributed by atoms with Gasteiger partial charge in [-0.25, -0.2) is 0 Å². The Balaban J connectivity index is 2.13. The molecule has 0 radical (unpaired) electrons. The maximum Gasteiger partial charge on any atom is 0.300 e. The number of amides is 1. The molecule has 1 amide bonds. The SMILES string of the molecule is Cc1ccc(NC(=O)C#Cc2ccccc2)c(CN(C)C)c1. The van der Waals surface area contributed by atoms with Crippen molar-refractivity contribution in [1.29, 1.82) is 0 Å². The fourth-order valence-electron chi connectivity index (χ4n) is 2.12. The first kappa shape index (κ1) is 15.8. The summed E-state index contributed by atoms with van der Waals surface area (Å²) < 4.78 is 0. The molecule has 0 aliphatic rings. The molecular weight excluding hydrogens is 272 g/mol. The second kappa shape index (κ2) is 7.44. The number of aryl methyl sites for hydroxylation is 1. The molecular formula is C19H20N2O. The Bertz CT molecular complexity index is 709. The van der Waals surface area contributed by atoms with Crippen LogP contribution in [0.2, 0.25) is 0 Å². The van der Waals surface area contributed by atoms with Crippen LogP contribution in [0.5, 0.6) is 0 Å². The van der Waals surface area contributed by atoms with Crippen molar-refractivity contribution in [3.8, 4) is 11.8 Å². The maximum atomic E-state index is 12.0. The lowest BCUT2D eigenvalue weighted by molar-refractivity contribution is -0.111. The summed E-state index contributed by atoms with van der Waals surface area (Å²) in [6.45, 7) is 2.81. The molecule has 22 heavy (non-hydrogen) atoms. The molecule has 2 rings (SSSR count). The first-order valence-corrected chi connectivity index (χ1v) is 7.17. The predicted octanol–water partition coefficient (Wildman–Crippen LogP) is 3.05. The van der Waals surface area contributed by atoms with Crippen LogP contribution in [0, 0.1) is 18.8 Å². The van der Waals surface area contributed by atoms with E-state index in [4.69, 9.17) is 0 Å². The smallest absolute Gasteiger partial charge is 0.300 e. The Hall–Kier alpha value is -2.57. The Kier molecular flexibility index (Phi) is 5.35. The predicted molar refractivity (Wildman–Crippen MR) is 90.5 cm³/mol. The number of rotatable bonds is 3. The standard InChI is InChI=1S/C19H20N2O/c1-15-9-11-18(17(13-15)14-21(2)3)20-19(22)12-10-16-7-5-4-6-8-16/h4-9,11,13H,14H2,1-3H3,(H,20,22). The Morgan fingerprint density at radius 1 is 1.14 bits per heavy atom. The summed E-state index contributed by atoms with van der Waals surface area (Å²) in [7, 11) is 4.01. The van der Waals surface area contributed by atoms with E-state index in [1.54, 1.807) is 0 Å². The molecule has 0 aliphatic heterocycles. The van der Waals surface area contributed by atoms with E-state index in [0.717, 1.165) is 23.4 Å². The molecule has 3 nitrogen and oxygen atoms in total. The summed E-state index contributed by atoms with van der Waals surface area (Å²) in [4.78, 5) is 14.1. The molecule has 0 atom stereocenters. The van der Waals surface area contributed by atoms with Gasteiger partial charge in [0.15, 0.2) is 0 Å². The van der Waals surface area contributed by atoms with Crippen LogP contribution in [0.4, 0.5) is 5.69 Å². The average Bonchev–Trinajstić information content (AvgIpc) is 2.48. The highest BCUT2D eigenvalue weighted by Gasteiger charge is 2.06. The van der Waals surface area contributed by atoms with Gasteiger partial charge in [-0.2, -0.15) is 0 Å². The third-order valence-corrected chi connectivity index (χ3v) is 3.09. The minimum Gasteiger partial charge on any atom is -0.315 e. The lowest BCUT2D eigenvalue weighted by Crippen LogP contribution is -2.15. The summed E-state index contributed by atoms with van der Waals surface area (Å²) in [5.41, 5.74) is 3.90. The number of carbonyl (C=O) groups excluding carboxylic acids is 1. The molecule has 1 N–H and O–H groups in total. The number of carbonyl (C=O) groups is 1. The number of anilines is 1. The van der Waals surface area contributed by atoms with E-state index in [0.29, 0.717) is 0 Å². The fraction of sp³-hybridized carbons (Fsp3) is 0.211. The molecule has 3 heteroatoms. The second-order valence-corrected chi connectivity index (χ2v) is 5.47. The molecule has 0 unspecified atom stereocenters. The molecule has 0 saturated carbocycles. The largest absolute Gasteiger partial charge is 0.315 e. The van der Waals surface area contributed by atoms with Gasteiger partial charge in [0.25, 0.3) is 0 Å². The van der Waals surface area contributed by atoms with Crippen LogP contribution in [-0.4, -0.2) is 24.9 Å². The van der Waals surface area contributed by atoms with Crippen LogP contribution in [-0.2, 0) is 11.3 Å². The maximum absolute atomic E-state index is 12.0. The molecule has 0 bridgehead atoms. The molecule has 0 spiro atoms. The Morgan fingerprint density at radius 3 is 2.55 bits per heavy atom. The summed E-state index contributed by atoms with van der Waals surface area (Å²) >= 11 is 0. The van der Waals surface area contributed by atoms with E-state index in [1.165, 1.54) is 5.56 Å². The van der Waals surface area contributed by atoms with Crippen molar-refractivity contribution < 1.29 is 4.79 Å². The molecule has 112 valence electrons.